The van der Waals surface area contributed by atoms with Gasteiger partial charge >= 0.3 is 0 Å². The van der Waals surface area contributed by atoms with Gasteiger partial charge in [0.25, 0.3) is 0 Å². The number of piperazine rings is 1. The summed E-state index contributed by atoms with van der Waals surface area (Å²) in [5.41, 5.74) is 7.71. The molecule has 1 fully saturated rings. The van der Waals surface area contributed by atoms with Crippen LogP contribution < -0.4 is 29.6 Å². The topological polar surface area (TPSA) is 112 Å². The molecular weight excluding hydrogens is 450 g/mol. The van der Waals surface area contributed by atoms with Gasteiger partial charge in [0, 0.05) is 49.8 Å². The van der Waals surface area contributed by atoms with Gasteiger partial charge in [-0.2, -0.15) is 4.98 Å². The number of amides is 1. The van der Waals surface area contributed by atoms with Gasteiger partial charge in [-0.1, -0.05) is 0 Å². The number of methoxy groups -OCH3 is 4. The maximum absolute atomic E-state index is 12.8. The van der Waals surface area contributed by atoms with Gasteiger partial charge in [0.2, 0.25) is 11.9 Å². The predicted octanol–water partition coefficient (Wildman–Crippen LogP) is 2.61. The van der Waals surface area contributed by atoms with E-state index in [4.69, 9.17) is 24.7 Å². The van der Waals surface area contributed by atoms with Crippen molar-refractivity contribution in [3.8, 4) is 23.0 Å². The third-order valence-corrected chi connectivity index (χ3v) is 5.89. The number of carbonyl (C=O) groups is 1. The number of nitrogen functional groups attached to an aromatic ring is 1. The molecular formula is C25H29N5O5. The first-order chi connectivity index (χ1) is 16.9. The molecule has 184 valence electrons. The quantitative estimate of drug-likeness (QED) is 0.511. The maximum Gasteiger partial charge on any atom is 0.246 e. The first kappa shape index (κ1) is 23.9. The molecule has 3 aromatic rings. The molecule has 35 heavy (non-hydrogen) atoms. The molecule has 4 rings (SSSR count). The molecule has 0 atom stereocenters. The zero-order valence-corrected chi connectivity index (χ0v) is 20.3. The van der Waals surface area contributed by atoms with E-state index in [0.29, 0.717) is 71.8 Å². The Morgan fingerprint density at radius 3 is 2.09 bits per heavy atom. The fraction of sp³-hybridized carbons (Fsp3) is 0.320. The van der Waals surface area contributed by atoms with Crippen molar-refractivity contribution in [2.75, 3.05) is 65.3 Å². The van der Waals surface area contributed by atoms with E-state index in [1.165, 1.54) is 0 Å². The van der Waals surface area contributed by atoms with Gasteiger partial charge in [0.1, 0.15) is 17.3 Å². The number of fused-ring (bicyclic) bond motifs is 1. The van der Waals surface area contributed by atoms with Crippen LogP contribution in [-0.2, 0) is 4.79 Å². The van der Waals surface area contributed by atoms with Gasteiger partial charge in [0.05, 0.1) is 34.0 Å². The van der Waals surface area contributed by atoms with E-state index in [-0.39, 0.29) is 5.91 Å². The Labute approximate surface area is 203 Å². The monoisotopic (exact) mass is 479 g/mol. The Balaban J connectivity index is 1.44. The van der Waals surface area contributed by atoms with Crippen molar-refractivity contribution in [1.82, 2.24) is 14.9 Å². The fourth-order valence-electron chi connectivity index (χ4n) is 3.93. The van der Waals surface area contributed by atoms with Gasteiger partial charge in [-0.3, -0.25) is 4.79 Å². The molecule has 2 heterocycles. The average Bonchev–Trinajstić information content (AvgIpc) is 2.90. The molecule has 1 amide bonds. The molecule has 2 aromatic carbocycles. The molecule has 1 saturated heterocycles. The second kappa shape index (κ2) is 10.4. The summed E-state index contributed by atoms with van der Waals surface area (Å²) in [5, 5.41) is 0.694. The summed E-state index contributed by atoms with van der Waals surface area (Å²) in [6, 6.07) is 9.03. The third kappa shape index (κ3) is 5.16. The second-order valence-electron chi connectivity index (χ2n) is 7.92. The van der Waals surface area contributed by atoms with Crippen LogP contribution in [0.25, 0.3) is 17.0 Å². The Kier molecular flexibility index (Phi) is 7.09. The minimum absolute atomic E-state index is 0.0674. The van der Waals surface area contributed by atoms with Crippen LogP contribution in [0.15, 0.2) is 36.4 Å². The number of rotatable bonds is 7. The zero-order valence-electron chi connectivity index (χ0n) is 20.3. The Bertz CT molecular complexity index is 1230. The Morgan fingerprint density at radius 2 is 1.49 bits per heavy atom. The van der Waals surface area contributed by atoms with Crippen LogP contribution in [0, 0.1) is 0 Å². The Hall–Kier alpha value is -4.21. The van der Waals surface area contributed by atoms with E-state index in [2.05, 4.69) is 9.97 Å². The van der Waals surface area contributed by atoms with Crippen LogP contribution in [0.5, 0.6) is 23.0 Å². The summed E-state index contributed by atoms with van der Waals surface area (Å²) in [7, 11) is 6.32. The number of anilines is 2. The maximum atomic E-state index is 12.8. The van der Waals surface area contributed by atoms with Gasteiger partial charge in [-0.05, 0) is 29.8 Å². The average molecular weight is 480 g/mol. The summed E-state index contributed by atoms with van der Waals surface area (Å²) in [5.74, 6) is 3.28. The molecule has 0 saturated carbocycles. The fourth-order valence-corrected chi connectivity index (χ4v) is 3.93. The van der Waals surface area contributed by atoms with E-state index in [1.54, 1.807) is 63.7 Å². The molecule has 0 unspecified atom stereocenters. The van der Waals surface area contributed by atoms with Crippen molar-refractivity contribution >= 4 is 34.7 Å². The SMILES string of the molecule is COc1cc(/C=C/C(=O)N2CCN(c3nc(N)c4cc(OC)c(OC)cc4n3)CC2)cc(OC)c1. The van der Waals surface area contributed by atoms with E-state index >= 15 is 0 Å². The standard InChI is InChI=1S/C25H29N5O5/c1-32-17-11-16(12-18(13-17)33-2)5-6-23(31)29-7-9-30(10-8-29)25-27-20-15-22(35-4)21(34-3)14-19(20)24(26)28-25/h5-6,11-15H,7-10H2,1-4H3,(H2,26,27,28)/b6-5+. The van der Waals surface area contributed by atoms with Crippen LogP contribution in [0.4, 0.5) is 11.8 Å². The minimum atomic E-state index is -0.0674. The lowest BCUT2D eigenvalue weighted by molar-refractivity contribution is -0.126. The van der Waals surface area contributed by atoms with Crippen LogP contribution in [0.3, 0.4) is 0 Å². The highest BCUT2D eigenvalue weighted by Gasteiger charge is 2.23. The molecule has 2 N–H and O–H groups in total. The molecule has 10 nitrogen and oxygen atoms in total. The summed E-state index contributed by atoms with van der Waals surface area (Å²) in [6.45, 7) is 2.26. The Morgan fingerprint density at radius 1 is 0.857 bits per heavy atom. The highest BCUT2D eigenvalue weighted by atomic mass is 16.5. The van der Waals surface area contributed by atoms with Crippen LogP contribution in [-0.4, -0.2) is 75.4 Å². The smallest absolute Gasteiger partial charge is 0.246 e. The van der Waals surface area contributed by atoms with E-state index in [0.717, 1.165) is 5.56 Å². The second-order valence-corrected chi connectivity index (χ2v) is 7.92. The molecule has 0 aliphatic carbocycles. The third-order valence-electron chi connectivity index (χ3n) is 5.89. The van der Waals surface area contributed by atoms with Crippen molar-refractivity contribution < 1.29 is 23.7 Å². The van der Waals surface area contributed by atoms with E-state index in [9.17, 15) is 4.79 Å². The summed E-state index contributed by atoms with van der Waals surface area (Å²) >= 11 is 0. The lowest BCUT2D eigenvalue weighted by atomic mass is 10.2. The lowest BCUT2D eigenvalue weighted by Crippen LogP contribution is -2.48. The first-order valence-electron chi connectivity index (χ1n) is 11.1. The molecule has 1 aliphatic heterocycles. The molecule has 1 aromatic heterocycles. The summed E-state index contributed by atoms with van der Waals surface area (Å²) in [4.78, 5) is 25.7. The number of ether oxygens (including phenoxy) is 4. The summed E-state index contributed by atoms with van der Waals surface area (Å²) < 4.78 is 21.3. The van der Waals surface area contributed by atoms with Crippen LogP contribution in [0.1, 0.15) is 5.56 Å². The van der Waals surface area contributed by atoms with E-state index in [1.807, 2.05) is 17.0 Å². The molecule has 0 radical (unpaired) electrons. The van der Waals surface area contributed by atoms with E-state index < -0.39 is 0 Å². The molecule has 1 aliphatic rings. The van der Waals surface area contributed by atoms with Gasteiger partial charge in [0.15, 0.2) is 11.5 Å². The van der Waals surface area contributed by atoms with Crippen molar-refractivity contribution in [3.63, 3.8) is 0 Å². The number of carbonyl (C=O) groups excluding carboxylic acids is 1. The largest absolute Gasteiger partial charge is 0.497 e. The van der Waals surface area contributed by atoms with Gasteiger partial charge < -0.3 is 34.5 Å². The number of hydrogen-bond donors (Lipinski definition) is 1. The number of nitrogens with zero attached hydrogens (tertiary/aromatic N) is 4. The molecule has 10 heteroatoms. The number of nitrogens with two attached hydrogens (primary N) is 1. The van der Waals surface area contributed by atoms with Crippen LogP contribution >= 0.6 is 0 Å². The minimum Gasteiger partial charge on any atom is -0.497 e. The van der Waals surface area contributed by atoms with Crippen LogP contribution in [0.2, 0.25) is 0 Å². The van der Waals surface area contributed by atoms with Gasteiger partial charge in [-0.25, -0.2) is 4.98 Å². The highest BCUT2D eigenvalue weighted by molar-refractivity contribution is 5.93. The van der Waals surface area contributed by atoms with Crippen molar-refractivity contribution in [3.05, 3.63) is 42.0 Å². The number of aromatic nitrogens is 2. The summed E-state index contributed by atoms with van der Waals surface area (Å²) in [6.07, 6.45) is 3.32. The normalized spacial score (nSPS) is 13.8. The van der Waals surface area contributed by atoms with Gasteiger partial charge in [-0.15, -0.1) is 0 Å². The molecule has 0 spiro atoms. The van der Waals surface area contributed by atoms with Crippen molar-refractivity contribution in [2.24, 2.45) is 0 Å². The predicted molar refractivity (Wildman–Crippen MR) is 134 cm³/mol. The van der Waals surface area contributed by atoms with Crippen molar-refractivity contribution in [2.45, 2.75) is 0 Å². The highest BCUT2D eigenvalue weighted by Crippen LogP contribution is 2.34. The first-order valence-corrected chi connectivity index (χ1v) is 11.1. The zero-order chi connectivity index (χ0) is 24.9. The number of benzene rings is 2. The number of hydrogen-bond acceptors (Lipinski definition) is 9. The molecule has 0 bridgehead atoms. The lowest BCUT2D eigenvalue weighted by Gasteiger charge is -2.34. The van der Waals surface area contributed by atoms with Crippen molar-refractivity contribution in [1.29, 1.82) is 0 Å².